The summed E-state index contributed by atoms with van der Waals surface area (Å²) in [6, 6.07) is 10.7. The van der Waals surface area contributed by atoms with E-state index >= 15 is 0 Å². The van der Waals surface area contributed by atoms with Gasteiger partial charge in [0.25, 0.3) is 0 Å². The summed E-state index contributed by atoms with van der Waals surface area (Å²) in [7, 11) is 0. The summed E-state index contributed by atoms with van der Waals surface area (Å²) in [4.78, 5) is 2.74. The maximum Gasteiger partial charge on any atom is 1.00 e. The molecule has 1 fully saturated rings. The van der Waals surface area contributed by atoms with Gasteiger partial charge in [0.05, 0.1) is 0 Å². The van der Waals surface area contributed by atoms with Gasteiger partial charge in [0.2, 0.25) is 0 Å². The number of likely N-dealkylation sites (tertiary alicyclic amines) is 1. The second-order valence-electron chi connectivity index (χ2n) is 5.52. The number of hydrogen-bond acceptors (Lipinski definition) is 1. The van der Waals surface area contributed by atoms with Gasteiger partial charge in [-0.3, -0.25) is 4.90 Å². The van der Waals surface area contributed by atoms with E-state index in [0.29, 0.717) is 0 Å². The monoisotopic (exact) mass is 235 g/mol. The molecule has 1 aromatic carbocycles. The van der Waals surface area contributed by atoms with E-state index in [0.717, 1.165) is 12.0 Å². The zero-order valence-corrected chi connectivity index (χ0v) is 11.8. The number of unbranched alkanes of at least 4 members (excludes halogenated alkanes) is 1. The SMILES string of the molecule is CCCCN1CC[C@H]2c3cc[c-]cc3CC[C@H]21.[Li+]. The number of fused-ring (bicyclic) bond motifs is 3. The van der Waals surface area contributed by atoms with E-state index in [1.807, 2.05) is 0 Å². The average Bonchev–Trinajstić information content (AvgIpc) is 2.80. The van der Waals surface area contributed by atoms with Gasteiger partial charge < -0.3 is 0 Å². The topological polar surface area (TPSA) is 3.24 Å². The summed E-state index contributed by atoms with van der Waals surface area (Å²) in [5.41, 5.74) is 3.19. The molecule has 1 aliphatic heterocycles. The van der Waals surface area contributed by atoms with Crippen LogP contribution in [0.15, 0.2) is 18.2 Å². The molecule has 1 nitrogen and oxygen atoms in total. The van der Waals surface area contributed by atoms with Gasteiger partial charge in [-0.15, -0.1) is 5.56 Å². The van der Waals surface area contributed by atoms with Gasteiger partial charge in [-0.2, -0.15) is 29.8 Å². The molecular weight excluding hydrogens is 213 g/mol. The smallest absolute Gasteiger partial charge is 0.300 e. The minimum Gasteiger partial charge on any atom is -0.300 e. The molecule has 2 heteroatoms. The molecule has 0 aromatic heterocycles. The third-order valence-corrected chi connectivity index (χ3v) is 4.56. The van der Waals surface area contributed by atoms with Gasteiger partial charge in [-0.05, 0) is 38.3 Å². The van der Waals surface area contributed by atoms with Crippen molar-refractivity contribution in [1.29, 1.82) is 0 Å². The molecule has 0 spiro atoms. The molecule has 1 heterocycles. The first kappa shape index (κ1) is 14.2. The van der Waals surface area contributed by atoms with Crippen LogP contribution in [0.25, 0.3) is 0 Å². The molecule has 1 aromatic rings. The second-order valence-corrected chi connectivity index (χ2v) is 5.52. The standard InChI is InChI=1S/C16H22N.Li/c1-2-3-11-17-12-10-15-14-7-5-4-6-13(14)8-9-16(15)17;/h5-7,15-16H,2-3,8-12H2,1H3;/q-1;+1/t15-,16+;/m0./s1. The van der Waals surface area contributed by atoms with E-state index in [1.165, 1.54) is 45.2 Å². The quantitative estimate of drug-likeness (QED) is 0.541. The molecule has 92 valence electrons. The molecular formula is C16H22LiN. The Balaban J connectivity index is 0.00000120. The van der Waals surface area contributed by atoms with Crippen LogP contribution in [0.3, 0.4) is 0 Å². The van der Waals surface area contributed by atoms with Gasteiger partial charge in [-0.1, -0.05) is 19.8 Å². The first-order valence-corrected chi connectivity index (χ1v) is 7.13. The van der Waals surface area contributed by atoms with Crippen LogP contribution in [0.2, 0.25) is 0 Å². The van der Waals surface area contributed by atoms with Crippen molar-refractivity contribution in [2.24, 2.45) is 0 Å². The van der Waals surface area contributed by atoms with Crippen LogP contribution in [-0.2, 0) is 6.42 Å². The van der Waals surface area contributed by atoms with Crippen molar-refractivity contribution in [3.8, 4) is 0 Å². The second kappa shape index (κ2) is 6.29. The van der Waals surface area contributed by atoms with Crippen molar-refractivity contribution in [1.82, 2.24) is 4.90 Å². The first-order valence-electron chi connectivity index (χ1n) is 7.13. The van der Waals surface area contributed by atoms with E-state index in [4.69, 9.17) is 0 Å². The van der Waals surface area contributed by atoms with E-state index in [9.17, 15) is 0 Å². The molecule has 2 atom stereocenters. The number of aryl methyl sites for hydroxylation is 1. The van der Waals surface area contributed by atoms with Gasteiger partial charge in [0.15, 0.2) is 0 Å². The molecule has 0 bridgehead atoms. The Bertz CT molecular complexity index is 390. The van der Waals surface area contributed by atoms with Gasteiger partial charge in [0, 0.05) is 6.04 Å². The molecule has 2 aliphatic rings. The van der Waals surface area contributed by atoms with Crippen LogP contribution >= 0.6 is 0 Å². The molecule has 0 unspecified atom stereocenters. The Kier molecular flexibility index (Phi) is 4.96. The molecule has 0 saturated carbocycles. The van der Waals surface area contributed by atoms with Crippen molar-refractivity contribution in [2.75, 3.05) is 13.1 Å². The molecule has 0 radical (unpaired) electrons. The summed E-state index contributed by atoms with van der Waals surface area (Å²) in [6.45, 7) is 4.92. The summed E-state index contributed by atoms with van der Waals surface area (Å²) >= 11 is 0. The summed E-state index contributed by atoms with van der Waals surface area (Å²) in [5, 5.41) is 0. The van der Waals surface area contributed by atoms with Crippen molar-refractivity contribution in [2.45, 2.75) is 51.0 Å². The predicted octanol–water partition coefficient (Wildman–Crippen LogP) is 0.395. The third-order valence-electron chi connectivity index (χ3n) is 4.56. The molecule has 18 heavy (non-hydrogen) atoms. The number of rotatable bonds is 3. The Hall–Kier alpha value is -0.223. The van der Waals surface area contributed by atoms with E-state index in [-0.39, 0.29) is 18.9 Å². The maximum atomic E-state index is 3.23. The van der Waals surface area contributed by atoms with Crippen LogP contribution in [0.5, 0.6) is 0 Å². The fourth-order valence-electron chi connectivity index (χ4n) is 3.66. The third kappa shape index (κ3) is 2.55. The molecule has 0 amide bonds. The van der Waals surface area contributed by atoms with Crippen LogP contribution in [-0.4, -0.2) is 24.0 Å². The molecule has 1 saturated heterocycles. The summed E-state index contributed by atoms with van der Waals surface area (Å²) < 4.78 is 0. The van der Waals surface area contributed by atoms with E-state index < -0.39 is 0 Å². The fraction of sp³-hybridized carbons (Fsp3) is 0.625. The largest absolute Gasteiger partial charge is 1.00 e. The van der Waals surface area contributed by atoms with Crippen molar-refractivity contribution < 1.29 is 18.9 Å². The summed E-state index contributed by atoms with van der Waals surface area (Å²) in [5.74, 6) is 0.810. The van der Waals surface area contributed by atoms with Gasteiger partial charge in [-0.25, -0.2) is 0 Å². The average molecular weight is 235 g/mol. The maximum absolute atomic E-state index is 3.23. The zero-order valence-electron chi connectivity index (χ0n) is 11.8. The Morgan fingerprint density at radius 1 is 1.39 bits per heavy atom. The Labute approximate surface area is 123 Å². The summed E-state index contributed by atoms with van der Waals surface area (Å²) in [6.07, 6.45) is 6.67. The van der Waals surface area contributed by atoms with Crippen LogP contribution in [0.1, 0.15) is 49.7 Å². The molecule has 3 rings (SSSR count). The van der Waals surface area contributed by atoms with Crippen LogP contribution < -0.4 is 18.9 Å². The van der Waals surface area contributed by atoms with E-state index in [1.54, 1.807) is 11.1 Å². The normalized spacial score (nSPS) is 26.3. The van der Waals surface area contributed by atoms with E-state index in [2.05, 4.69) is 36.1 Å². The van der Waals surface area contributed by atoms with Crippen molar-refractivity contribution >= 4 is 0 Å². The van der Waals surface area contributed by atoms with Crippen LogP contribution in [0, 0.1) is 6.07 Å². The van der Waals surface area contributed by atoms with Gasteiger partial charge >= 0.3 is 18.9 Å². The molecule has 1 aliphatic carbocycles. The number of hydrogen-bond donors (Lipinski definition) is 0. The van der Waals surface area contributed by atoms with Gasteiger partial charge in [0.1, 0.15) is 0 Å². The minimum atomic E-state index is 0. The predicted molar refractivity (Wildman–Crippen MR) is 71.2 cm³/mol. The van der Waals surface area contributed by atoms with Crippen molar-refractivity contribution in [3.05, 3.63) is 35.4 Å². The Morgan fingerprint density at radius 3 is 3.11 bits per heavy atom. The number of benzene rings is 1. The minimum absolute atomic E-state index is 0. The fourth-order valence-corrected chi connectivity index (χ4v) is 3.66. The van der Waals surface area contributed by atoms with Crippen LogP contribution in [0.4, 0.5) is 0 Å². The molecule has 0 N–H and O–H groups in total. The van der Waals surface area contributed by atoms with Crippen molar-refractivity contribution in [3.63, 3.8) is 0 Å². The Morgan fingerprint density at radius 2 is 2.28 bits per heavy atom. The zero-order chi connectivity index (χ0) is 11.7. The number of nitrogens with zero attached hydrogens (tertiary/aromatic N) is 1. The first-order chi connectivity index (χ1) is 8.40.